The smallest absolute Gasteiger partial charge is 0.214 e. The van der Waals surface area contributed by atoms with Crippen molar-refractivity contribution < 1.29 is 13.2 Å². The number of ether oxygens (including phenoxy) is 1. The minimum absolute atomic E-state index is 0.179. The first-order chi connectivity index (χ1) is 16.6. The Kier molecular flexibility index (Phi) is 11.0. The highest BCUT2D eigenvalue weighted by atomic mass is 32.2. The van der Waals surface area contributed by atoms with Gasteiger partial charge in [0, 0.05) is 50.3 Å². The summed E-state index contributed by atoms with van der Waals surface area (Å²) in [5.74, 6) is 0.557. The molecule has 1 aromatic rings. The molecule has 1 aliphatic carbocycles. The van der Waals surface area contributed by atoms with E-state index < -0.39 is 10.0 Å². The van der Waals surface area contributed by atoms with E-state index in [1.165, 1.54) is 0 Å². The van der Waals surface area contributed by atoms with Crippen LogP contribution in [0.1, 0.15) is 44.9 Å². The second-order valence-electron chi connectivity index (χ2n) is 8.71. The molecule has 188 valence electrons. The number of hydrogen-bond acceptors (Lipinski definition) is 7. The normalized spacial score (nSPS) is 17.8. The summed E-state index contributed by atoms with van der Waals surface area (Å²) < 4.78 is 33.3. The number of rotatable bonds is 13. The molecule has 3 rings (SSSR count). The number of guanidine groups is 1. The van der Waals surface area contributed by atoms with E-state index in [1.807, 2.05) is 6.19 Å². The molecule has 0 unspecified atom stereocenters. The fourth-order valence-corrected chi connectivity index (χ4v) is 5.99. The van der Waals surface area contributed by atoms with Crippen LogP contribution in [0.25, 0.3) is 0 Å². The monoisotopic (exact) mass is 491 g/mol. The van der Waals surface area contributed by atoms with Gasteiger partial charge in [0.25, 0.3) is 0 Å². The van der Waals surface area contributed by atoms with Crippen molar-refractivity contribution in [1.82, 2.24) is 19.5 Å². The zero-order valence-corrected chi connectivity index (χ0v) is 20.7. The van der Waals surface area contributed by atoms with Crippen LogP contribution >= 0.6 is 0 Å². The SMILES string of the molecule is N#CNC(=NCCCCCS(=O)(=O)N(CCCN1CCOCC1)C1CCC1)Nc1ccncc1. The van der Waals surface area contributed by atoms with Crippen LogP contribution in [0.3, 0.4) is 0 Å². The first-order valence-electron chi connectivity index (χ1n) is 12.2. The Balaban J connectivity index is 1.39. The molecule has 1 saturated carbocycles. The van der Waals surface area contributed by atoms with Gasteiger partial charge < -0.3 is 10.1 Å². The standard InChI is InChI=1S/C23H37N7O3S/c24-20-27-23(28-21-8-11-25-12-9-21)26-10-2-1-3-19-34(31,32)30(22-6-4-7-22)14-5-13-29-15-17-33-18-16-29/h8-9,11-12,22H,1-7,10,13-19H2,(H2,25,26,27,28). The first-order valence-corrected chi connectivity index (χ1v) is 13.9. The van der Waals surface area contributed by atoms with Crippen molar-refractivity contribution in [3.63, 3.8) is 0 Å². The van der Waals surface area contributed by atoms with Crippen LogP contribution in [-0.4, -0.2) is 86.3 Å². The van der Waals surface area contributed by atoms with Gasteiger partial charge in [-0.05, 0) is 50.8 Å². The summed E-state index contributed by atoms with van der Waals surface area (Å²) in [5.41, 5.74) is 0.785. The number of pyridine rings is 1. The van der Waals surface area contributed by atoms with Crippen molar-refractivity contribution in [2.75, 3.05) is 57.0 Å². The lowest BCUT2D eigenvalue weighted by atomic mass is 9.93. The van der Waals surface area contributed by atoms with E-state index in [1.54, 1.807) is 28.8 Å². The van der Waals surface area contributed by atoms with Crippen LogP contribution in [-0.2, 0) is 14.8 Å². The van der Waals surface area contributed by atoms with Crippen LogP contribution in [0, 0.1) is 11.5 Å². The second kappa shape index (κ2) is 14.2. The maximum absolute atomic E-state index is 13.1. The Morgan fingerprint density at radius 2 is 1.97 bits per heavy atom. The summed E-state index contributed by atoms with van der Waals surface area (Å²) >= 11 is 0. The van der Waals surface area contributed by atoms with E-state index >= 15 is 0 Å². The Morgan fingerprint density at radius 3 is 2.65 bits per heavy atom. The van der Waals surface area contributed by atoms with Gasteiger partial charge in [-0.1, -0.05) is 12.8 Å². The topological polar surface area (TPSA) is 123 Å². The van der Waals surface area contributed by atoms with Crippen LogP contribution in [0.2, 0.25) is 0 Å². The summed E-state index contributed by atoms with van der Waals surface area (Å²) in [6.45, 7) is 5.44. The molecule has 0 spiro atoms. The van der Waals surface area contributed by atoms with Gasteiger partial charge in [0.15, 0.2) is 6.19 Å². The van der Waals surface area contributed by atoms with Gasteiger partial charge in [0.2, 0.25) is 16.0 Å². The number of nitriles is 1. The number of anilines is 1. The van der Waals surface area contributed by atoms with E-state index in [2.05, 4.69) is 25.5 Å². The molecule has 0 atom stereocenters. The van der Waals surface area contributed by atoms with Gasteiger partial charge >= 0.3 is 0 Å². The maximum atomic E-state index is 13.1. The number of nitrogens with zero attached hydrogens (tertiary/aromatic N) is 5. The van der Waals surface area contributed by atoms with Crippen molar-refractivity contribution in [2.24, 2.45) is 4.99 Å². The number of hydrogen-bond donors (Lipinski definition) is 2. The molecule has 2 N–H and O–H groups in total. The first kappa shape index (κ1) is 26.3. The third kappa shape index (κ3) is 8.83. The van der Waals surface area contributed by atoms with E-state index in [9.17, 15) is 8.42 Å². The number of aliphatic imine (C=N–C) groups is 1. The zero-order chi connectivity index (χ0) is 24.1. The molecule has 0 amide bonds. The maximum Gasteiger partial charge on any atom is 0.214 e. The molecule has 0 bridgehead atoms. The molecule has 1 aliphatic heterocycles. The zero-order valence-electron chi connectivity index (χ0n) is 19.9. The molecule has 1 aromatic heterocycles. The van der Waals surface area contributed by atoms with E-state index in [0.717, 1.165) is 77.1 Å². The van der Waals surface area contributed by atoms with Gasteiger partial charge in [0.1, 0.15) is 0 Å². The molecule has 34 heavy (non-hydrogen) atoms. The summed E-state index contributed by atoms with van der Waals surface area (Å²) in [7, 11) is -3.26. The van der Waals surface area contributed by atoms with Crippen LogP contribution in [0.5, 0.6) is 0 Å². The predicted molar refractivity (Wildman–Crippen MR) is 133 cm³/mol. The molecular weight excluding hydrogens is 454 g/mol. The van der Waals surface area contributed by atoms with Crippen molar-refractivity contribution in [1.29, 1.82) is 5.26 Å². The molecule has 2 fully saturated rings. The van der Waals surface area contributed by atoms with Gasteiger partial charge in [-0.25, -0.2) is 8.42 Å². The Labute approximate surface area is 203 Å². The Morgan fingerprint density at radius 1 is 1.21 bits per heavy atom. The molecule has 2 heterocycles. The van der Waals surface area contributed by atoms with Gasteiger partial charge in [-0.2, -0.15) is 9.57 Å². The second-order valence-corrected chi connectivity index (χ2v) is 10.7. The fraction of sp³-hybridized carbons (Fsp3) is 0.696. The van der Waals surface area contributed by atoms with Crippen LogP contribution in [0.15, 0.2) is 29.5 Å². The summed E-state index contributed by atoms with van der Waals surface area (Å²) in [6, 6.07) is 3.75. The van der Waals surface area contributed by atoms with Gasteiger partial charge in [-0.3, -0.25) is 20.2 Å². The van der Waals surface area contributed by atoms with Crippen molar-refractivity contribution in [2.45, 2.75) is 51.0 Å². The summed E-state index contributed by atoms with van der Waals surface area (Å²) in [5, 5.41) is 14.5. The van der Waals surface area contributed by atoms with E-state index in [0.29, 0.717) is 25.5 Å². The average molecular weight is 492 g/mol. The minimum Gasteiger partial charge on any atom is -0.379 e. The highest BCUT2D eigenvalue weighted by Crippen LogP contribution is 2.28. The Bertz CT molecular complexity index is 895. The average Bonchev–Trinajstić information content (AvgIpc) is 2.81. The molecule has 0 aromatic carbocycles. The van der Waals surface area contributed by atoms with Crippen LogP contribution in [0.4, 0.5) is 5.69 Å². The van der Waals surface area contributed by atoms with Crippen LogP contribution < -0.4 is 10.6 Å². The third-order valence-electron chi connectivity index (χ3n) is 6.24. The number of sulfonamides is 1. The number of nitrogens with one attached hydrogen (secondary N) is 2. The van der Waals surface area contributed by atoms with Gasteiger partial charge in [-0.15, -0.1) is 0 Å². The molecule has 11 heteroatoms. The molecule has 0 radical (unpaired) electrons. The highest BCUT2D eigenvalue weighted by molar-refractivity contribution is 7.89. The number of morpholine rings is 1. The highest BCUT2D eigenvalue weighted by Gasteiger charge is 2.33. The van der Waals surface area contributed by atoms with Crippen molar-refractivity contribution in [3.8, 4) is 6.19 Å². The van der Waals surface area contributed by atoms with Crippen molar-refractivity contribution in [3.05, 3.63) is 24.5 Å². The minimum atomic E-state index is -3.26. The lowest BCUT2D eigenvalue weighted by Crippen LogP contribution is -2.46. The molecule has 2 aliphatic rings. The number of unbranched alkanes of at least 4 members (excludes halogenated alkanes) is 2. The van der Waals surface area contributed by atoms with Gasteiger partial charge in [0.05, 0.1) is 19.0 Å². The molecule has 10 nitrogen and oxygen atoms in total. The molecular formula is C23H37N7O3S. The third-order valence-corrected chi connectivity index (χ3v) is 8.24. The quantitative estimate of drug-likeness (QED) is 0.141. The van der Waals surface area contributed by atoms with E-state index in [4.69, 9.17) is 10.00 Å². The molecule has 1 saturated heterocycles. The number of aromatic nitrogens is 1. The summed E-state index contributed by atoms with van der Waals surface area (Å²) in [4.78, 5) is 10.7. The Hall–Kier alpha value is -2.26. The fourth-order valence-electron chi connectivity index (χ4n) is 4.11. The predicted octanol–water partition coefficient (Wildman–Crippen LogP) is 2.00. The van der Waals surface area contributed by atoms with E-state index in [-0.39, 0.29) is 11.8 Å². The largest absolute Gasteiger partial charge is 0.379 e. The summed E-state index contributed by atoms with van der Waals surface area (Å²) in [6.07, 6.45) is 11.3. The lowest BCUT2D eigenvalue weighted by molar-refractivity contribution is 0.0363. The lowest BCUT2D eigenvalue weighted by Gasteiger charge is -2.37. The van der Waals surface area contributed by atoms with Crippen molar-refractivity contribution >= 4 is 21.7 Å².